The summed E-state index contributed by atoms with van der Waals surface area (Å²) in [6.07, 6.45) is 3.69. The second kappa shape index (κ2) is 5.43. The van der Waals surface area contributed by atoms with Crippen molar-refractivity contribution in [3.63, 3.8) is 0 Å². The molecule has 0 spiro atoms. The predicted octanol–water partition coefficient (Wildman–Crippen LogP) is 3.15. The molecule has 1 saturated heterocycles. The van der Waals surface area contributed by atoms with Crippen molar-refractivity contribution in [3.8, 4) is 0 Å². The maximum absolute atomic E-state index is 5.64. The number of nitrogens with one attached hydrogen (secondary N) is 1. The average molecular weight is 277 g/mol. The van der Waals surface area contributed by atoms with Gasteiger partial charge in [-0.1, -0.05) is 6.92 Å². The largest absolute Gasteiger partial charge is 0.376 e. The molecule has 1 N–H and O–H groups in total. The minimum atomic E-state index is 0.328. The van der Waals surface area contributed by atoms with Gasteiger partial charge in [-0.2, -0.15) is 0 Å². The van der Waals surface area contributed by atoms with Gasteiger partial charge in [0.2, 0.25) is 0 Å². The van der Waals surface area contributed by atoms with E-state index in [0.29, 0.717) is 6.10 Å². The zero-order chi connectivity index (χ0) is 13.2. The molecule has 102 valence electrons. The van der Waals surface area contributed by atoms with E-state index in [0.717, 1.165) is 47.9 Å². The third kappa shape index (κ3) is 2.72. The predicted molar refractivity (Wildman–Crippen MR) is 79.0 cm³/mol. The van der Waals surface area contributed by atoms with Crippen molar-refractivity contribution in [3.05, 3.63) is 16.8 Å². The molecule has 1 fully saturated rings. The molecule has 1 aliphatic heterocycles. The van der Waals surface area contributed by atoms with Crippen LogP contribution in [0.15, 0.2) is 6.07 Å². The molecule has 2 aromatic heterocycles. The van der Waals surface area contributed by atoms with Crippen molar-refractivity contribution in [1.29, 1.82) is 0 Å². The number of aryl methyl sites for hydroxylation is 2. The molecule has 0 aliphatic carbocycles. The third-order valence-corrected chi connectivity index (χ3v) is 4.60. The highest BCUT2D eigenvalue weighted by atomic mass is 32.1. The van der Waals surface area contributed by atoms with Crippen LogP contribution in [0.25, 0.3) is 10.2 Å². The Morgan fingerprint density at radius 2 is 2.37 bits per heavy atom. The molecular weight excluding hydrogens is 258 g/mol. The maximum atomic E-state index is 5.64. The molecule has 0 bridgehead atoms. The Bertz CT molecular complexity index is 575. The van der Waals surface area contributed by atoms with Crippen molar-refractivity contribution in [1.82, 2.24) is 9.97 Å². The molecule has 4 nitrogen and oxygen atoms in total. The lowest BCUT2D eigenvalue weighted by atomic mass is 10.2. The summed E-state index contributed by atoms with van der Waals surface area (Å²) in [6, 6.07) is 2.21. The molecular formula is C14H19N3OS. The van der Waals surface area contributed by atoms with E-state index in [1.54, 1.807) is 11.3 Å². The first-order chi connectivity index (χ1) is 9.26. The van der Waals surface area contributed by atoms with Crippen LogP contribution in [-0.4, -0.2) is 29.2 Å². The van der Waals surface area contributed by atoms with E-state index in [4.69, 9.17) is 4.74 Å². The van der Waals surface area contributed by atoms with Gasteiger partial charge in [0.1, 0.15) is 16.5 Å². The Kier molecular flexibility index (Phi) is 3.66. The first kappa shape index (κ1) is 12.8. The zero-order valence-electron chi connectivity index (χ0n) is 11.4. The Hall–Kier alpha value is -1.20. The molecule has 0 unspecified atom stereocenters. The first-order valence-corrected chi connectivity index (χ1v) is 7.70. The summed E-state index contributed by atoms with van der Waals surface area (Å²) >= 11 is 1.76. The van der Waals surface area contributed by atoms with E-state index in [1.807, 2.05) is 6.92 Å². The van der Waals surface area contributed by atoms with E-state index in [-0.39, 0.29) is 0 Å². The summed E-state index contributed by atoms with van der Waals surface area (Å²) in [5, 5.41) is 4.58. The Morgan fingerprint density at radius 3 is 3.11 bits per heavy atom. The molecule has 1 aliphatic rings. The van der Waals surface area contributed by atoms with Crippen LogP contribution in [0.1, 0.15) is 30.5 Å². The topological polar surface area (TPSA) is 47.0 Å². The molecule has 5 heteroatoms. The maximum Gasteiger partial charge on any atom is 0.138 e. The number of hydrogen-bond acceptors (Lipinski definition) is 5. The molecule has 0 radical (unpaired) electrons. The van der Waals surface area contributed by atoms with Gasteiger partial charge in [-0.3, -0.25) is 0 Å². The van der Waals surface area contributed by atoms with E-state index in [9.17, 15) is 0 Å². The van der Waals surface area contributed by atoms with Gasteiger partial charge in [-0.25, -0.2) is 9.97 Å². The van der Waals surface area contributed by atoms with Gasteiger partial charge in [0.05, 0.1) is 11.5 Å². The highest BCUT2D eigenvalue weighted by Crippen LogP contribution is 2.29. The standard InChI is InChI=1S/C14H19N3OS/c1-3-11-7-12-13(15-8-10-5-4-6-18-10)16-9(2)17-14(12)19-11/h7,10H,3-6,8H2,1-2H3,(H,15,16,17)/t10-/m0/s1. The molecule has 2 aromatic rings. The van der Waals surface area contributed by atoms with E-state index >= 15 is 0 Å². The smallest absolute Gasteiger partial charge is 0.138 e. The van der Waals surface area contributed by atoms with Gasteiger partial charge >= 0.3 is 0 Å². The van der Waals surface area contributed by atoms with Gasteiger partial charge in [0.15, 0.2) is 0 Å². The molecule has 0 aromatic carbocycles. The lowest BCUT2D eigenvalue weighted by Crippen LogP contribution is -2.19. The van der Waals surface area contributed by atoms with Gasteiger partial charge in [0, 0.05) is 18.0 Å². The van der Waals surface area contributed by atoms with Crippen molar-refractivity contribution >= 4 is 27.4 Å². The molecule has 19 heavy (non-hydrogen) atoms. The Morgan fingerprint density at radius 1 is 1.47 bits per heavy atom. The van der Waals surface area contributed by atoms with Crippen LogP contribution >= 0.6 is 11.3 Å². The summed E-state index contributed by atoms with van der Waals surface area (Å²) < 4.78 is 5.64. The minimum Gasteiger partial charge on any atom is -0.376 e. The van der Waals surface area contributed by atoms with E-state index in [2.05, 4.69) is 28.3 Å². The number of hydrogen-bond donors (Lipinski definition) is 1. The average Bonchev–Trinajstić information content (AvgIpc) is 3.04. The highest BCUT2D eigenvalue weighted by molar-refractivity contribution is 7.18. The fourth-order valence-corrected chi connectivity index (χ4v) is 3.42. The van der Waals surface area contributed by atoms with Crippen LogP contribution in [0.4, 0.5) is 5.82 Å². The SMILES string of the molecule is CCc1cc2c(NC[C@@H]3CCCO3)nc(C)nc2s1. The number of thiophene rings is 1. The number of aromatic nitrogens is 2. The highest BCUT2D eigenvalue weighted by Gasteiger charge is 2.16. The van der Waals surface area contributed by atoms with E-state index < -0.39 is 0 Å². The summed E-state index contributed by atoms with van der Waals surface area (Å²) in [6.45, 7) is 5.85. The van der Waals surface area contributed by atoms with Crippen LogP contribution in [0.5, 0.6) is 0 Å². The zero-order valence-corrected chi connectivity index (χ0v) is 12.2. The normalized spacial score (nSPS) is 19.2. The lowest BCUT2D eigenvalue weighted by Gasteiger charge is -2.12. The number of ether oxygens (including phenoxy) is 1. The van der Waals surface area contributed by atoms with Crippen molar-refractivity contribution in [2.45, 2.75) is 39.2 Å². The second-order valence-electron chi connectivity index (χ2n) is 4.92. The van der Waals surface area contributed by atoms with Crippen molar-refractivity contribution in [2.75, 3.05) is 18.5 Å². The third-order valence-electron chi connectivity index (χ3n) is 3.43. The first-order valence-electron chi connectivity index (χ1n) is 6.89. The van der Waals surface area contributed by atoms with Crippen molar-refractivity contribution < 1.29 is 4.74 Å². The molecule has 3 heterocycles. The monoisotopic (exact) mass is 277 g/mol. The summed E-state index contributed by atoms with van der Waals surface area (Å²) in [5.41, 5.74) is 0. The molecule has 1 atom stereocenters. The van der Waals surface area contributed by atoms with Crippen LogP contribution < -0.4 is 5.32 Å². The molecule has 0 amide bonds. The fourth-order valence-electron chi connectivity index (χ4n) is 2.40. The molecule has 0 saturated carbocycles. The number of fused-ring (bicyclic) bond motifs is 1. The summed E-state index contributed by atoms with van der Waals surface area (Å²) in [4.78, 5) is 11.5. The van der Waals surface area contributed by atoms with Gasteiger partial charge in [0.25, 0.3) is 0 Å². The van der Waals surface area contributed by atoms with Crippen LogP contribution in [-0.2, 0) is 11.2 Å². The number of nitrogens with zero attached hydrogens (tertiary/aromatic N) is 2. The fraction of sp³-hybridized carbons (Fsp3) is 0.571. The van der Waals surface area contributed by atoms with E-state index in [1.165, 1.54) is 11.3 Å². The number of rotatable bonds is 4. The summed E-state index contributed by atoms with van der Waals surface area (Å²) in [7, 11) is 0. The summed E-state index contributed by atoms with van der Waals surface area (Å²) in [5.74, 6) is 1.78. The minimum absolute atomic E-state index is 0.328. The lowest BCUT2D eigenvalue weighted by molar-refractivity contribution is 0.120. The van der Waals surface area contributed by atoms with Crippen LogP contribution in [0, 0.1) is 6.92 Å². The van der Waals surface area contributed by atoms with Gasteiger partial charge in [-0.15, -0.1) is 11.3 Å². The van der Waals surface area contributed by atoms with Crippen LogP contribution in [0.2, 0.25) is 0 Å². The van der Waals surface area contributed by atoms with Gasteiger partial charge in [-0.05, 0) is 32.3 Å². The van der Waals surface area contributed by atoms with Crippen LogP contribution in [0.3, 0.4) is 0 Å². The molecule has 3 rings (SSSR count). The Labute approximate surface area is 117 Å². The number of anilines is 1. The van der Waals surface area contributed by atoms with Crippen molar-refractivity contribution in [2.24, 2.45) is 0 Å². The van der Waals surface area contributed by atoms with Gasteiger partial charge < -0.3 is 10.1 Å². The second-order valence-corrected chi connectivity index (χ2v) is 6.04. The Balaban J connectivity index is 1.85. The quantitative estimate of drug-likeness (QED) is 0.932.